The third-order valence-electron chi connectivity index (χ3n) is 4.76. The molecule has 0 atom stereocenters. The van der Waals surface area contributed by atoms with Gasteiger partial charge in [-0.05, 0) is 37.3 Å². The highest BCUT2D eigenvalue weighted by molar-refractivity contribution is 5.92. The van der Waals surface area contributed by atoms with Crippen LogP contribution in [0.25, 0.3) is 0 Å². The largest absolute Gasteiger partial charge is 0.467 e. The Kier molecular flexibility index (Phi) is 5.23. The smallest absolute Gasteiger partial charge is 0.272 e. The van der Waals surface area contributed by atoms with Crippen LogP contribution < -0.4 is 10.2 Å². The zero-order valence-corrected chi connectivity index (χ0v) is 15.8. The predicted molar refractivity (Wildman–Crippen MR) is 107 cm³/mol. The molecule has 3 aromatic rings. The van der Waals surface area contributed by atoms with E-state index < -0.39 is 0 Å². The molecule has 0 aliphatic carbocycles. The van der Waals surface area contributed by atoms with Crippen LogP contribution in [0.2, 0.25) is 0 Å². The molecule has 7 heteroatoms. The predicted octanol–water partition coefficient (Wildman–Crippen LogP) is 2.95. The van der Waals surface area contributed by atoms with E-state index in [1.54, 1.807) is 12.3 Å². The summed E-state index contributed by atoms with van der Waals surface area (Å²) in [5.74, 6) is 1.16. The molecular weight excluding hydrogens is 354 g/mol. The molecule has 0 bridgehead atoms. The molecule has 7 nitrogen and oxygen atoms in total. The van der Waals surface area contributed by atoms with Gasteiger partial charge in [0.05, 0.1) is 12.8 Å². The minimum Gasteiger partial charge on any atom is -0.467 e. The lowest BCUT2D eigenvalue weighted by Gasteiger charge is -2.36. The number of carbonyl (C=O) groups excluding carboxylic acids is 1. The molecule has 4 rings (SSSR count). The second kappa shape index (κ2) is 8.12. The molecule has 28 heavy (non-hydrogen) atoms. The number of hydrogen-bond donors (Lipinski definition) is 1. The van der Waals surface area contributed by atoms with E-state index in [2.05, 4.69) is 32.3 Å². The fourth-order valence-corrected chi connectivity index (χ4v) is 3.31. The summed E-state index contributed by atoms with van der Waals surface area (Å²) in [5, 5.41) is 3.12. The number of rotatable bonds is 5. The molecule has 1 saturated heterocycles. The van der Waals surface area contributed by atoms with E-state index in [0.29, 0.717) is 31.3 Å². The Morgan fingerprint density at radius 2 is 1.86 bits per heavy atom. The normalized spacial score (nSPS) is 14.2. The van der Waals surface area contributed by atoms with Gasteiger partial charge in [0.1, 0.15) is 11.5 Å². The maximum absolute atomic E-state index is 13.0. The zero-order valence-electron chi connectivity index (χ0n) is 15.8. The number of anilines is 2. The number of para-hydroxylation sites is 1. The maximum atomic E-state index is 13.0. The third kappa shape index (κ3) is 4.14. The second-order valence-corrected chi connectivity index (χ2v) is 6.77. The maximum Gasteiger partial charge on any atom is 0.272 e. The molecule has 1 amide bonds. The number of piperazine rings is 1. The van der Waals surface area contributed by atoms with Gasteiger partial charge in [-0.3, -0.25) is 4.79 Å². The van der Waals surface area contributed by atoms with Crippen molar-refractivity contribution >= 4 is 17.5 Å². The summed E-state index contributed by atoms with van der Waals surface area (Å²) in [7, 11) is 0. The number of nitrogens with zero attached hydrogens (tertiary/aromatic N) is 4. The average Bonchev–Trinajstić information content (AvgIpc) is 3.26. The lowest BCUT2D eigenvalue weighted by atomic mass is 10.2. The van der Waals surface area contributed by atoms with E-state index in [1.165, 1.54) is 5.69 Å². The molecule has 1 aromatic carbocycles. The molecule has 144 valence electrons. The molecule has 0 unspecified atom stereocenters. The summed E-state index contributed by atoms with van der Waals surface area (Å²) < 4.78 is 5.31. The molecule has 1 fully saturated rings. The van der Waals surface area contributed by atoms with E-state index in [0.717, 1.165) is 24.5 Å². The zero-order chi connectivity index (χ0) is 19.3. The number of furan rings is 1. The van der Waals surface area contributed by atoms with Gasteiger partial charge in [0.25, 0.3) is 5.91 Å². The first-order valence-electron chi connectivity index (χ1n) is 9.40. The van der Waals surface area contributed by atoms with Crippen LogP contribution in [0.5, 0.6) is 0 Å². The number of aryl methyl sites for hydroxylation is 1. The Bertz CT molecular complexity index is 919. The minimum absolute atomic E-state index is 0.0562. The van der Waals surface area contributed by atoms with E-state index in [9.17, 15) is 4.79 Å². The van der Waals surface area contributed by atoms with Crippen molar-refractivity contribution in [2.75, 3.05) is 36.4 Å². The van der Waals surface area contributed by atoms with Crippen molar-refractivity contribution in [3.63, 3.8) is 0 Å². The Hall–Kier alpha value is -3.35. The molecular formula is C21H23N5O2. The molecule has 0 radical (unpaired) electrons. The minimum atomic E-state index is -0.0562. The highest BCUT2D eigenvalue weighted by Gasteiger charge is 2.23. The van der Waals surface area contributed by atoms with Crippen LogP contribution >= 0.6 is 0 Å². The monoisotopic (exact) mass is 377 g/mol. The van der Waals surface area contributed by atoms with E-state index in [4.69, 9.17) is 4.42 Å². The molecule has 1 aliphatic heterocycles. The van der Waals surface area contributed by atoms with E-state index >= 15 is 0 Å². The second-order valence-electron chi connectivity index (χ2n) is 6.77. The van der Waals surface area contributed by atoms with Crippen LogP contribution in [-0.4, -0.2) is 47.0 Å². The fourth-order valence-electron chi connectivity index (χ4n) is 3.31. The van der Waals surface area contributed by atoms with E-state index in [1.807, 2.05) is 42.2 Å². The number of hydrogen-bond acceptors (Lipinski definition) is 6. The van der Waals surface area contributed by atoms with Gasteiger partial charge < -0.3 is 19.5 Å². The number of nitrogens with one attached hydrogen (secondary N) is 1. The Morgan fingerprint density at radius 1 is 1.07 bits per heavy atom. The lowest BCUT2D eigenvalue weighted by Crippen LogP contribution is -2.49. The fraction of sp³-hybridized carbons (Fsp3) is 0.286. The molecule has 1 N–H and O–H groups in total. The third-order valence-corrected chi connectivity index (χ3v) is 4.76. The summed E-state index contributed by atoms with van der Waals surface area (Å²) >= 11 is 0. The van der Waals surface area contributed by atoms with Gasteiger partial charge in [-0.15, -0.1) is 0 Å². The van der Waals surface area contributed by atoms with Crippen LogP contribution in [-0.2, 0) is 6.54 Å². The van der Waals surface area contributed by atoms with Gasteiger partial charge in [-0.2, -0.15) is 0 Å². The highest BCUT2D eigenvalue weighted by atomic mass is 16.3. The van der Waals surface area contributed by atoms with Crippen molar-refractivity contribution in [3.05, 3.63) is 71.9 Å². The van der Waals surface area contributed by atoms with Crippen LogP contribution in [0.1, 0.15) is 21.9 Å². The summed E-state index contributed by atoms with van der Waals surface area (Å²) in [5.41, 5.74) is 2.36. The van der Waals surface area contributed by atoms with Gasteiger partial charge >= 0.3 is 0 Å². The highest BCUT2D eigenvalue weighted by Crippen LogP contribution is 2.17. The van der Waals surface area contributed by atoms with Crippen LogP contribution in [0.15, 0.2) is 59.2 Å². The van der Waals surface area contributed by atoms with Crippen molar-refractivity contribution in [1.29, 1.82) is 0 Å². The Balaban J connectivity index is 1.40. The van der Waals surface area contributed by atoms with Crippen molar-refractivity contribution < 1.29 is 9.21 Å². The van der Waals surface area contributed by atoms with Crippen molar-refractivity contribution in [2.24, 2.45) is 0 Å². The Labute approximate surface area is 164 Å². The van der Waals surface area contributed by atoms with Crippen molar-refractivity contribution in [1.82, 2.24) is 14.9 Å². The summed E-state index contributed by atoms with van der Waals surface area (Å²) in [6, 6.07) is 15.7. The van der Waals surface area contributed by atoms with Gasteiger partial charge in [0.15, 0.2) is 0 Å². The van der Waals surface area contributed by atoms with Crippen molar-refractivity contribution in [2.45, 2.75) is 13.5 Å². The van der Waals surface area contributed by atoms with Crippen LogP contribution in [0.3, 0.4) is 0 Å². The van der Waals surface area contributed by atoms with Gasteiger partial charge in [0, 0.05) is 37.6 Å². The number of benzene rings is 1. The first kappa shape index (κ1) is 18.0. The summed E-state index contributed by atoms with van der Waals surface area (Å²) in [4.78, 5) is 25.9. The number of aromatic nitrogens is 2. The summed E-state index contributed by atoms with van der Waals surface area (Å²) in [6.07, 6.45) is 1.62. The first-order chi connectivity index (χ1) is 13.7. The van der Waals surface area contributed by atoms with Gasteiger partial charge in [-0.1, -0.05) is 18.2 Å². The lowest BCUT2D eigenvalue weighted by molar-refractivity contribution is 0.0740. The molecule has 3 heterocycles. The van der Waals surface area contributed by atoms with Crippen molar-refractivity contribution in [3.8, 4) is 0 Å². The number of amides is 1. The first-order valence-corrected chi connectivity index (χ1v) is 9.40. The summed E-state index contributed by atoms with van der Waals surface area (Å²) in [6.45, 7) is 5.30. The molecule has 1 aliphatic rings. The topological polar surface area (TPSA) is 74.5 Å². The molecule has 2 aromatic heterocycles. The quantitative estimate of drug-likeness (QED) is 0.737. The molecule has 0 saturated carbocycles. The average molecular weight is 377 g/mol. The Morgan fingerprint density at radius 3 is 2.57 bits per heavy atom. The SMILES string of the molecule is Cc1cc(C(=O)N2CCN(c3ccccc3)CC2)nc(NCc2ccco2)n1. The van der Waals surface area contributed by atoms with Crippen LogP contribution in [0.4, 0.5) is 11.6 Å². The standard InChI is InChI=1S/C21H23N5O2/c1-16-14-19(24-21(23-16)22-15-18-8-5-13-28-18)20(27)26-11-9-25(10-12-26)17-6-3-2-4-7-17/h2-8,13-14H,9-12,15H2,1H3,(H,22,23,24). The number of carbonyl (C=O) groups is 1. The van der Waals surface area contributed by atoms with Gasteiger partial charge in [-0.25, -0.2) is 9.97 Å². The van der Waals surface area contributed by atoms with Crippen LogP contribution in [0, 0.1) is 6.92 Å². The van der Waals surface area contributed by atoms with E-state index in [-0.39, 0.29) is 5.91 Å². The van der Waals surface area contributed by atoms with Gasteiger partial charge in [0.2, 0.25) is 5.95 Å². The molecule has 0 spiro atoms.